The van der Waals surface area contributed by atoms with Crippen LogP contribution in [-0.2, 0) is 4.79 Å². The van der Waals surface area contributed by atoms with Gasteiger partial charge >= 0.3 is 0 Å². The van der Waals surface area contributed by atoms with Crippen LogP contribution < -0.4 is 11.1 Å². The monoisotopic (exact) mass is 270 g/mol. The Morgan fingerprint density at radius 1 is 1.40 bits per heavy atom. The lowest BCUT2D eigenvalue weighted by Gasteiger charge is -2.15. The Morgan fingerprint density at radius 2 is 2.00 bits per heavy atom. The average molecular weight is 271 g/mol. The van der Waals surface area contributed by atoms with Gasteiger partial charge in [-0.3, -0.25) is 4.79 Å². The first-order valence-electron chi connectivity index (χ1n) is 4.83. The lowest BCUT2D eigenvalue weighted by molar-refractivity contribution is -0.118. The molecule has 0 spiro atoms. The second-order valence-electron chi connectivity index (χ2n) is 3.74. The van der Waals surface area contributed by atoms with Crippen molar-refractivity contribution in [3.8, 4) is 0 Å². The Morgan fingerprint density at radius 3 is 2.53 bits per heavy atom. The van der Waals surface area contributed by atoms with Gasteiger partial charge < -0.3 is 11.1 Å². The van der Waals surface area contributed by atoms with Crippen LogP contribution in [0.4, 0.5) is 5.69 Å². The molecule has 0 saturated heterocycles. The molecule has 0 radical (unpaired) electrons. The van der Waals surface area contributed by atoms with Crippen molar-refractivity contribution in [3.05, 3.63) is 28.7 Å². The Bertz CT molecular complexity index is 352. The number of nitrogens with one attached hydrogen (secondary N) is 1. The number of amides is 1. The number of halogens is 1. The van der Waals surface area contributed by atoms with Crippen LogP contribution in [0.1, 0.15) is 13.8 Å². The Hall–Kier alpha value is -0.870. The molecule has 0 aromatic heterocycles. The molecule has 0 saturated carbocycles. The maximum Gasteiger partial charge on any atom is 0.241 e. The molecule has 3 nitrogen and oxygen atoms in total. The Kier molecular flexibility index (Phi) is 4.29. The summed E-state index contributed by atoms with van der Waals surface area (Å²) in [6.45, 7) is 3.84. The third-order valence-electron chi connectivity index (χ3n) is 2.15. The van der Waals surface area contributed by atoms with Crippen molar-refractivity contribution < 1.29 is 4.79 Å². The second kappa shape index (κ2) is 5.28. The van der Waals surface area contributed by atoms with Gasteiger partial charge in [0, 0.05) is 4.47 Å². The SMILES string of the molecule is CC(C)[C@H](N)C(=O)Nc1ccccc1Br. The van der Waals surface area contributed by atoms with Gasteiger partial charge in [0.15, 0.2) is 0 Å². The first kappa shape index (κ1) is 12.2. The van der Waals surface area contributed by atoms with E-state index in [0.29, 0.717) is 0 Å². The molecule has 1 aromatic carbocycles. The largest absolute Gasteiger partial charge is 0.324 e. The van der Waals surface area contributed by atoms with Crippen LogP contribution in [0, 0.1) is 5.92 Å². The number of para-hydroxylation sites is 1. The van der Waals surface area contributed by atoms with E-state index < -0.39 is 6.04 Å². The lowest BCUT2D eigenvalue weighted by atomic mass is 10.1. The van der Waals surface area contributed by atoms with E-state index in [0.717, 1.165) is 10.2 Å². The van der Waals surface area contributed by atoms with Crippen molar-refractivity contribution in [2.75, 3.05) is 5.32 Å². The predicted octanol–water partition coefficient (Wildman–Crippen LogP) is 2.37. The second-order valence-corrected chi connectivity index (χ2v) is 4.59. The number of nitrogens with two attached hydrogens (primary N) is 1. The first-order valence-corrected chi connectivity index (χ1v) is 5.62. The highest BCUT2D eigenvalue weighted by molar-refractivity contribution is 9.10. The molecular formula is C11H15BrN2O. The van der Waals surface area contributed by atoms with E-state index >= 15 is 0 Å². The highest BCUT2D eigenvalue weighted by atomic mass is 79.9. The molecule has 15 heavy (non-hydrogen) atoms. The number of hydrogen-bond donors (Lipinski definition) is 2. The van der Waals surface area contributed by atoms with Gasteiger partial charge in [-0.05, 0) is 34.0 Å². The standard InChI is InChI=1S/C11H15BrN2O/c1-7(2)10(13)11(15)14-9-6-4-3-5-8(9)12/h3-7,10H,13H2,1-2H3,(H,14,15)/t10-/m0/s1. The molecule has 1 aromatic rings. The fourth-order valence-electron chi connectivity index (χ4n) is 1.08. The van der Waals surface area contributed by atoms with Crippen LogP contribution in [0.25, 0.3) is 0 Å². The van der Waals surface area contributed by atoms with Gasteiger partial charge in [0.05, 0.1) is 11.7 Å². The maximum atomic E-state index is 11.6. The van der Waals surface area contributed by atoms with Gasteiger partial charge in [0.25, 0.3) is 0 Å². The minimum Gasteiger partial charge on any atom is -0.324 e. The van der Waals surface area contributed by atoms with Crippen molar-refractivity contribution in [1.29, 1.82) is 0 Å². The highest BCUT2D eigenvalue weighted by Crippen LogP contribution is 2.21. The van der Waals surface area contributed by atoms with Crippen molar-refractivity contribution >= 4 is 27.5 Å². The maximum absolute atomic E-state index is 11.6. The molecule has 0 aliphatic rings. The van der Waals surface area contributed by atoms with E-state index in [9.17, 15) is 4.79 Å². The highest BCUT2D eigenvalue weighted by Gasteiger charge is 2.17. The van der Waals surface area contributed by atoms with E-state index in [1.807, 2.05) is 38.1 Å². The molecule has 1 atom stereocenters. The fourth-order valence-corrected chi connectivity index (χ4v) is 1.47. The quantitative estimate of drug-likeness (QED) is 0.886. The van der Waals surface area contributed by atoms with Gasteiger partial charge in [-0.2, -0.15) is 0 Å². The smallest absolute Gasteiger partial charge is 0.241 e. The molecule has 4 heteroatoms. The van der Waals surface area contributed by atoms with E-state index in [2.05, 4.69) is 21.2 Å². The summed E-state index contributed by atoms with van der Waals surface area (Å²) in [5.41, 5.74) is 6.48. The molecular weight excluding hydrogens is 256 g/mol. The molecule has 0 bridgehead atoms. The van der Waals surface area contributed by atoms with Crippen LogP contribution >= 0.6 is 15.9 Å². The molecule has 82 valence electrons. The van der Waals surface area contributed by atoms with Crippen LogP contribution in [0.3, 0.4) is 0 Å². The Balaban J connectivity index is 2.71. The van der Waals surface area contributed by atoms with Crippen molar-refractivity contribution in [2.24, 2.45) is 11.7 Å². The summed E-state index contributed by atoms with van der Waals surface area (Å²) < 4.78 is 0.856. The van der Waals surface area contributed by atoms with Crippen molar-refractivity contribution in [1.82, 2.24) is 0 Å². The van der Waals surface area contributed by atoms with Crippen LogP contribution in [0.2, 0.25) is 0 Å². The van der Waals surface area contributed by atoms with Crippen LogP contribution in [0.5, 0.6) is 0 Å². The van der Waals surface area contributed by atoms with Gasteiger partial charge in [0.1, 0.15) is 0 Å². The minimum absolute atomic E-state index is 0.132. The summed E-state index contributed by atoms with van der Waals surface area (Å²) >= 11 is 3.36. The molecule has 0 aliphatic carbocycles. The van der Waals surface area contributed by atoms with Crippen molar-refractivity contribution in [3.63, 3.8) is 0 Å². The molecule has 0 aliphatic heterocycles. The Labute approximate surface area is 98.2 Å². The topological polar surface area (TPSA) is 55.1 Å². The summed E-state index contributed by atoms with van der Waals surface area (Å²) in [6.07, 6.45) is 0. The van der Waals surface area contributed by atoms with Crippen LogP contribution in [-0.4, -0.2) is 11.9 Å². The van der Waals surface area contributed by atoms with Gasteiger partial charge in [-0.15, -0.1) is 0 Å². The van der Waals surface area contributed by atoms with E-state index in [1.54, 1.807) is 0 Å². The molecule has 0 unspecified atom stereocenters. The first-order chi connectivity index (χ1) is 7.02. The van der Waals surface area contributed by atoms with E-state index in [1.165, 1.54) is 0 Å². The van der Waals surface area contributed by atoms with Gasteiger partial charge in [-0.25, -0.2) is 0 Å². The average Bonchev–Trinajstić information content (AvgIpc) is 2.20. The third kappa shape index (κ3) is 3.32. The third-order valence-corrected chi connectivity index (χ3v) is 2.84. The number of benzene rings is 1. The fraction of sp³-hybridized carbons (Fsp3) is 0.364. The zero-order valence-corrected chi connectivity index (χ0v) is 10.4. The predicted molar refractivity (Wildman–Crippen MR) is 65.6 cm³/mol. The number of carbonyl (C=O) groups excluding carboxylic acids is 1. The molecule has 1 amide bonds. The summed E-state index contributed by atoms with van der Waals surface area (Å²) in [7, 11) is 0. The number of anilines is 1. The van der Waals surface area contributed by atoms with Crippen molar-refractivity contribution in [2.45, 2.75) is 19.9 Å². The number of hydrogen-bond acceptors (Lipinski definition) is 2. The summed E-state index contributed by atoms with van der Waals surface area (Å²) in [5.74, 6) is -0.0237. The molecule has 0 fully saturated rings. The van der Waals surface area contributed by atoms with E-state index in [4.69, 9.17) is 5.73 Å². The van der Waals surface area contributed by atoms with Crippen LogP contribution in [0.15, 0.2) is 28.7 Å². The summed E-state index contributed by atoms with van der Waals surface area (Å²) in [5, 5.41) is 2.78. The summed E-state index contributed by atoms with van der Waals surface area (Å²) in [6, 6.07) is 6.98. The van der Waals surface area contributed by atoms with E-state index in [-0.39, 0.29) is 11.8 Å². The molecule has 0 heterocycles. The van der Waals surface area contributed by atoms with Gasteiger partial charge in [-0.1, -0.05) is 26.0 Å². The van der Waals surface area contributed by atoms with Gasteiger partial charge in [0.2, 0.25) is 5.91 Å². The number of rotatable bonds is 3. The molecule has 3 N–H and O–H groups in total. The lowest BCUT2D eigenvalue weighted by Crippen LogP contribution is -2.39. The zero-order chi connectivity index (χ0) is 11.4. The summed E-state index contributed by atoms with van der Waals surface area (Å²) in [4.78, 5) is 11.6. The minimum atomic E-state index is -0.475. The number of carbonyl (C=O) groups is 1. The normalized spacial score (nSPS) is 12.6. The molecule has 1 rings (SSSR count). The zero-order valence-electron chi connectivity index (χ0n) is 8.83.